The summed E-state index contributed by atoms with van der Waals surface area (Å²) in [6.07, 6.45) is 3.00. The van der Waals surface area contributed by atoms with Gasteiger partial charge in [-0.1, -0.05) is 67.5 Å². The Kier molecular flexibility index (Phi) is 12.3. The first-order chi connectivity index (χ1) is 19.9. The number of carbonyl (C=O) groups excluding carboxylic acids is 3. The van der Waals surface area contributed by atoms with Crippen LogP contribution in [0.2, 0.25) is 5.02 Å². The molecule has 4 rings (SSSR count). The van der Waals surface area contributed by atoms with E-state index in [2.05, 4.69) is 32.9 Å². The highest BCUT2D eigenvalue weighted by Gasteiger charge is 2.40. The monoisotopic (exact) mass is 618 g/mol. The molecule has 1 aliphatic heterocycles. The quantitative estimate of drug-likeness (QED) is 0.275. The summed E-state index contributed by atoms with van der Waals surface area (Å²) in [5.74, 6) is -0.0850. The van der Waals surface area contributed by atoms with Crippen molar-refractivity contribution in [1.29, 1.82) is 0 Å². The molecular formula is C32H40ClFN2O5S. The van der Waals surface area contributed by atoms with Gasteiger partial charge in [-0.3, -0.25) is 9.59 Å². The molecule has 2 fully saturated rings. The Labute approximate surface area is 257 Å². The number of halogens is 2. The molecule has 42 heavy (non-hydrogen) atoms. The summed E-state index contributed by atoms with van der Waals surface area (Å²) >= 11 is 7.44. The van der Waals surface area contributed by atoms with E-state index in [9.17, 15) is 18.8 Å². The molecule has 0 N–H and O–H groups in total. The number of allylic oxidation sites excluding steroid dienone is 1. The van der Waals surface area contributed by atoms with E-state index in [-0.39, 0.29) is 33.6 Å². The number of nitrogens with zero attached hydrogens (tertiary/aromatic N) is 2. The fourth-order valence-corrected chi connectivity index (χ4v) is 5.73. The molecule has 3 amide bonds. The number of amides is 3. The molecule has 228 valence electrons. The maximum Gasteiger partial charge on any atom is 0.427 e. The minimum absolute atomic E-state index is 0.00962. The van der Waals surface area contributed by atoms with Gasteiger partial charge in [0.15, 0.2) is 5.76 Å². The van der Waals surface area contributed by atoms with Crippen LogP contribution >= 0.6 is 23.4 Å². The zero-order valence-electron chi connectivity index (χ0n) is 25.1. The van der Waals surface area contributed by atoms with E-state index in [1.807, 2.05) is 30.0 Å². The number of ether oxygens (including phenoxy) is 2. The summed E-state index contributed by atoms with van der Waals surface area (Å²) in [5, 5.41) is 0.285. The number of hydrogen-bond donors (Lipinski definition) is 0. The lowest BCUT2D eigenvalue weighted by Crippen LogP contribution is -2.39. The number of benzene rings is 2. The Bertz CT molecular complexity index is 1290. The average molecular weight is 619 g/mol. The maximum absolute atomic E-state index is 14.3. The number of rotatable bonds is 8. The van der Waals surface area contributed by atoms with Crippen LogP contribution in [-0.2, 0) is 15.3 Å². The predicted molar refractivity (Wildman–Crippen MR) is 166 cm³/mol. The van der Waals surface area contributed by atoms with Gasteiger partial charge >= 0.3 is 12.0 Å². The van der Waals surface area contributed by atoms with Crippen LogP contribution in [0.15, 0.2) is 53.8 Å². The van der Waals surface area contributed by atoms with Crippen LogP contribution in [0, 0.1) is 11.7 Å². The predicted octanol–water partition coefficient (Wildman–Crippen LogP) is 8.98. The number of imide groups is 1. The first-order valence-electron chi connectivity index (χ1n) is 14.3. The molecule has 0 spiro atoms. The fourth-order valence-electron chi connectivity index (χ4n) is 4.60. The first-order valence-corrected chi connectivity index (χ1v) is 15.7. The van der Waals surface area contributed by atoms with Gasteiger partial charge in [0.1, 0.15) is 11.6 Å². The molecule has 1 heterocycles. The van der Waals surface area contributed by atoms with Crippen molar-refractivity contribution in [2.24, 2.45) is 5.92 Å². The number of carbonyl (C=O) groups is 3. The Morgan fingerprint density at radius 3 is 2.33 bits per heavy atom. The Balaban J connectivity index is 0.000000241. The average Bonchev–Trinajstić information content (AvgIpc) is 3.57. The van der Waals surface area contributed by atoms with Crippen molar-refractivity contribution in [3.8, 4) is 5.75 Å². The lowest BCUT2D eigenvalue weighted by Gasteiger charge is -2.30. The lowest BCUT2D eigenvalue weighted by molar-refractivity contribution is -0.114. The highest BCUT2D eigenvalue weighted by atomic mass is 35.5. The van der Waals surface area contributed by atoms with E-state index in [0.29, 0.717) is 22.4 Å². The third kappa shape index (κ3) is 8.51. The van der Waals surface area contributed by atoms with E-state index in [0.717, 1.165) is 44.0 Å². The molecule has 2 aromatic carbocycles. The number of thioether (sulfide) groups is 1. The van der Waals surface area contributed by atoms with Crippen LogP contribution in [0.1, 0.15) is 72.8 Å². The molecule has 2 aromatic rings. The van der Waals surface area contributed by atoms with Crippen molar-refractivity contribution in [3.63, 3.8) is 0 Å². The smallest absolute Gasteiger partial charge is 0.427 e. The van der Waals surface area contributed by atoms with Crippen molar-refractivity contribution >= 4 is 46.3 Å². The van der Waals surface area contributed by atoms with Gasteiger partial charge in [0.05, 0.1) is 16.8 Å². The summed E-state index contributed by atoms with van der Waals surface area (Å²) in [4.78, 5) is 39.1. The second kappa shape index (κ2) is 15.4. The maximum atomic E-state index is 14.3. The van der Waals surface area contributed by atoms with Crippen molar-refractivity contribution in [3.05, 3.63) is 70.2 Å². The second-order valence-electron chi connectivity index (χ2n) is 10.9. The number of anilines is 1. The zero-order valence-corrected chi connectivity index (χ0v) is 26.7. The molecular weight excluding hydrogens is 579 g/mol. The molecule has 0 radical (unpaired) electrons. The van der Waals surface area contributed by atoms with Crippen LogP contribution < -0.4 is 9.64 Å². The summed E-state index contributed by atoms with van der Waals surface area (Å²) in [6.45, 7) is 12.5. The van der Waals surface area contributed by atoms with Gasteiger partial charge in [-0.25, -0.2) is 14.1 Å². The van der Waals surface area contributed by atoms with Crippen molar-refractivity contribution in [2.75, 3.05) is 11.4 Å². The SMILES string of the molecule is CC(C)=C1OC(=O)N(c2cc(OC3CCCC3)c(Cl)cc2F)C1=O.CCN(C(=O)SCc1ccccc1)C(C)C(C)C. The summed E-state index contributed by atoms with van der Waals surface area (Å²) < 4.78 is 25.1. The molecule has 1 atom stereocenters. The normalized spacial score (nSPS) is 15.8. The largest absolute Gasteiger partial charge is 0.489 e. The Morgan fingerprint density at radius 1 is 1.14 bits per heavy atom. The number of cyclic esters (lactones) is 1. The molecule has 7 nitrogen and oxygen atoms in total. The van der Waals surface area contributed by atoms with E-state index in [1.54, 1.807) is 13.8 Å². The van der Waals surface area contributed by atoms with Gasteiger partial charge in [-0.15, -0.1) is 0 Å². The second-order valence-corrected chi connectivity index (χ2v) is 12.2. The third-order valence-corrected chi connectivity index (χ3v) is 8.55. The molecule has 1 unspecified atom stereocenters. The molecule has 0 aromatic heterocycles. The highest BCUT2D eigenvalue weighted by molar-refractivity contribution is 8.12. The summed E-state index contributed by atoms with van der Waals surface area (Å²) in [5.41, 5.74) is 1.51. The highest BCUT2D eigenvalue weighted by Crippen LogP contribution is 2.37. The Hall–Kier alpha value is -3.04. The minimum atomic E-state index is -0.941. The molecule has 1 aliphatic carbocycles. The van der Waals surface area contributed by atoms with Gasteiger partial charge in [-0.2, -0.15) is 0 Å². The number of hydrogen-bond acceptors (Lipinski definition) is 6. The Morgan fingerprint density at radius 2 is 1.79 bits per heavy atom. The minimum Gasteiger partial charge on any atom is -0.489 e. The molecule has 10 heteroatoms. The van der Waals surface area contributed by atoms with Crippen LogP contribution in [0.3, 0.4) is 0 Å². The summed E-state index contributed by atoms with van der Waals surface area (Å²) in [7, 11) is 0. The van der Waals surface area contributed by atoms with Crippen molar-refractivity contribution in [1.82, 2.24) is 4.90 Å². The van der Waals surface area contributed by atoms with Gasteiger partial charge in [0, 0.05) is 24.4 Å². The third-order valence-electron chi connectivity index (χ3n) is 7.30. The topological polar surface area (TPSA) is 76.2 Å². The van der Waals surface area contributed by atoms with Crippen LogP contribution in [-0.4, -0.2) is 40.8 Å². The fraction of sp³-hybridized carbons (Fsp3) is 0.469. The molecule has 1 saturated heterocycles. The van der Waals surface area contributed by atoms with E-state index in [4.69, 9.17) is 21.1 Å². The van der Waals surface area contributed by atoms with Crippen LogP contribution in [0.25, 0.3) is 0 Å². The van der Waals surface area contributed by atoms with Crippen molar-refractivity contribution < 1.29 is 28.2 Å². The standard InChI is InChI=1S/C17H17ClFNO4.C15H23NOS/c1-9(2)15-16(21)20(17(22)24-15)13-8-14(11(18)7-12(13)19)23-10-5-3-4-6-10;1-5-16(13(4)12(2)3)15(17)18-11-14-9-7-6-8-10-14/h7-8,10H,3-6H2,1-2H3;6-10,12-13H,5,11H2,1-4H3. The van der Waals surface area contributed by atoms with Gasteiger partial charge in [-0.05, 0) is 76.5 Å². The molecule has 0 bridgehead atoms. The van der Waals surface area contributed by atoms with E-state index >= 15 is 0 Å². The lowest BCUT2D eigenvalue weighted by atomic mass is 10.1. The van der Waals surface area contributed by atoms with Gasteiger partial charge in [0.25, 0.3) is 5.24 Å². The molecule has 1 saturated carbocycles. The van der Waals surface area contributed by atoms with E-state index < -0.39 is 17.8 Å². The van der Waals surface area contributed by atoms with Gasteiger partial charge in [0.2, 0.25) is 0 Å². The first kappa shape index (κ1) is 33.5. The van der Waals surface area contributed by atoms with E-state index in [1.165, 1.54) is 23.4 Å². The zero-order chi connectivity index (χ0) is 31.0. The van der Waals surface area contributed by atoms with Crippen LogP contribution in [0.5, 0.6) is 5.75 Å². The summed E-state index contributed by atoms with van der Waals surface area (Å²) in [6, 6.07) is 12.8. The van der Waals surface area contributed by atoms with Crippen molar-refractivity contribution in [2.45, 2.75) is 85.1 Å². The van der Waals surface area contributed by atoms with Gasteiger partial charge < -0.3 is 14.4 Å². The van der Waals surface area contributed by atoms with Crippen LogP contribution in [0.4, 0.5) is 19.7 Å². The molecule has 2 aliphatic rings.